The van der Waals surface area contributed by atoms with Crippen LogP contribution in [0.25, 0.3) is 33.7 Å². The van der Waals surface area contributed by atoms with Crippen LogP contribution in [-0.4, -0.2) is 31.4 Å². The Hall–Kier alpha value is -5.56. The van der Waals surface area contributed by atoms with Gasteiger partial charge in [-0.05, 0) is 77.2 Å². The molecule has 2 N–H and O–H groups in total. The van der Waals surface area contributed by atoms with Crippen molar-refractivity contribution in [1.82, 2.24) is 19.9 Å². The van der Waals surface area contributed by atoms with Crippen molar-refractivity contribution in [1.29, 1.82) is 5.41 Å². The Balaban J connectivity index is 1.35. The van der Waals surface area contributed by atoms with E-state index in [9.17, 15) is 0 Å². The number of anilines is 1. The lowest BCUT2D eigenvalue weighted by atomic mass is 9.87. The SMILES string of the molecule is CC(C)(C)c1ccc(NN=C2C(=N)C=C(c3ccc(-c4cccnc4)nc3)C=C2c2ccc(-c3cccnc3)nc2)cc1. The van der Waals surface area contributed by atoms with Crippen LogP contribution >= 0.6 is 0 Å². The monoisotopic (exact) mass is 561 g/mol. The number of benzene rings is 1. The van der Waals surface area contributed by atoms with Gasteiger partial charge in [0, 0.05) is 65.0 Å². The molecular weight excluding hydrogens is 530 g/mol. The van der Waals surface area contributed by atoms with Gasteiger partial charge in [-0.25, -0.2) is 0 Å². The van der Waals surface area contributed by atoms with Crippen LogP contribution in [0.15, 0.2) is 127 Å². The number of pyridine rings is 4. The normalized spacial score (nSPS) is 14.3. The van der Waals surface area contributed by atoms with Gasteiger partial charge in [0.05, 0.1) is 22.8 Å². The number of nitrogens with one attached hydrogen (secondary N) is 2. The summed E-state index contributed by atoms with van der Waals surface area (Å²) in [5.74, 6) is 0. The summed E-state index contributed by atoms with van der Waals surface area (Å²) < 4.78 is 0. The molecule has 0 amide bonds. The molecule has 4 heterocycles. The number of hydrogen-bond acceptors (Lipinski definition) is 7. The molecule has 0 saturated heterocycles. The lowest BCUT2D eigenvalue weighted by molar-refractivity contribution is 0.590. The summed E-state index contributed by atoms with van der Waals surface area (Å²) in [6.45, 7) is 6.57. The molecule has 0 bridgehead atoms. The summed E-state index contributed by atoms with van der Waals surface area (Å²) in [4.78, 5) is 17.8. The van der Waals surface area contributed by atoms with Gasteiger partial charge in [-0.1, -0.05) is 45.0 Å². The Morgan fingerprint density at radius 2 is 1.26 bits per heavy atom. The molecule has 0 aliphatic heterocycles. The third-order valence-corrected chi connectivity index (χ3v) is 7.24. The first-order valence-electron chi connectivity index (χ1n) is 14.1. The predicted molar refractivity (Wildman–Crippen MR) is 175 cm³/mol. The fourth-order valence-corrected chi connectivity index (χ4v) is 4.79. The average Bonchev–Trinajstić information content (AvgIpc) is 3.05. The van der Waals surface area contributed by atoms with Gasteiger partial charge in [0.1, 0.15) is 5.71 Å². The van der Waals surface area contributed by atoms with Crippen molar-refractivity contribution in [2.45, 2.75) is 26.2 Å². The molecule has 0 fully saturated rings. The fraction of sp³-hybridized carbons (Fsp3) is 0.111. The zero-order valence-corrected chi connectivity index (χ0v) is 24.3. The van der Waals surface area contributed by atoms with E-state index in [1.54, 1.807) is 24.8 Å². The van der Waals surface area contributed by atoms with Crippen LogP contribution < -0.4 is 5.43 Å². The van der Waals surface area contributed by atoms with Crippen LogP contribution in [0.5, 0.6) is 0 Å². The number of allylic oxidation sites excluding steroid dienone is 4. The van der Waals surface area contributed by atoms with E-state index < -0.39 is 0 Å². The summed E-state index contributed by atoms with van der Waals surface area (Å²) in [5.41, 5.74) is 13.1. The molecule has 210 valence electrons. The van der Waals surface area contributed by atoms with E-state index in [2.05, 4.69) is 53.3 Å². The summed E-state index contributed by atoms with van der Waals surface area (Å²) >= 11 is 0. The van der Waals surface area contributed by atoms with Crippen molar-refractivity contribution >= 4 is 28.3 Å². The maximum absolute atomic E-state index is 9.00. The third kappa shape index (κ3) is 6.21. The summed E-state index contributed by atoms with van der Waals surface area (Å²) in [7, 11) is 0. The van der Waals surface area contributed by atoms with Crippen molar-refractivity contribution in [3.63, 3.8) is 0 Å². The zero-order valence-electron chi connectivity index (χ0n) is 24.3. The molecule has 0 radical (unpaired) electrons. The number of aromatic nitrogens is 4. The molecule has 43 heavy (non-hydrogen) atoms. The molecule has 0 spiro atoms. The lowest BCUT2D eigenvalue weighted by Crippen LogP contribution is -2.19. The van der Waals surface area contributed by atoms with Crippen LogP contribution in [0, 0.1) is 5.41 Å². The number of rotatable bonds is 6. The third-order valence-electron chi connectivity index (χ3n) is 7.24. The first kappa shape index (κ1) is 27.6. The quantitative estimate of drug-likeness (QED) is 0.162. The molecule has 0 unspecified atom stereocenters. The minimum Gasteiger partial charge on any atom is -0.299 e. The second kappa shape index (κ2) is 11.7. The van der Waals surface area contributed by atoms with E-state index in [0.717, 1.165) is 50.5 Å². The second-order valence-electron chi connectivity index (χ2n) is 11.3. The molecule has 1 aliphatic carbocycles. The maximum Gasteiger partial charge on any atom is 0.116 e. The topological polar surface area (TPSA) is 99.8 Å². The highest BCUT2D eigenvalue weighted by molar-refractivity contribution is 6.62. The van der Waals surface area contributed by atoms with Crippen LogP contribution in [0.4, 0.5) is 5.69 Å². The summed E-state index contributed by atoms with van der Waals surface area (Å²) in [6.07, 6.45) is 14.6. The van der Waals surface area contributed by atoms with Crippen LogP contribution in [-0.2, 0) is 5.41 Å². The molecule has 4 aromatic heterocycles. The first-order valence-corrected chi connectivity index (χ1v) is 14.1. The van der Waals surface area contributed by atoms with Crippen molar-refractivity contribution < 1.29 is 0 Å². The summed E-state index contributed by atoms with van der Waals surface area (Å²) in [5, 5.41) is 13.7. The predicted octanol–water partition coefficient (Wildman–Crippen LogP) is 7.87. The highest BCUT2D eigenvalue weighted by Crippen LogP contribution is 2.30. The van der Waals surface area contributed by atoms with E-state index in [-0.39, 0.29) is 5.41 Å². The molecule has 7 nitrogen and oxygen atoms in total. The largest absolute Gasteiger partial charge is 0.299 e. The first-order chi connectivity index (χ1) is 20.8. The van der Waals surface area contributed by atoms with E-state index in [1.165, 1.54) is 5.56 Å². The Kier molecular flexibility index (Phi) is 7.54. The van der Waals surface area contributed by atoms with Crippen molar-refractivity contribution in [3.8, 4) is 22.5 Å². The van der Waals surface area contributed by atoms with Gasteiger partial charge in [-0.2, -0.15) is 5.10 Å². The van der Waals surface area contributed by atoms with Crippen LogP contribution in [0.2, 0.25) is 0 Å². The maximum atomic E-state index is 9.00. The standard InChI is InChI=1S/C36H31N7/c1-36(2,3)29-10-12-30(13-11-29)42-43-35-31(25-9-15-34(41-23-25)27-7-5-17-39-21-27)18-28(19-32(35)37)24-8-14-33(40-22-24)26-6-4-16-38-20-26/h4-23,37,42H,1-3H3. The van der Waals surface area contributed by atoms with E-state index >= 15 is 0 Å². The molecule has 6 rings (SSSR count). The smallest absolute Gasteiger partial charge is 0.116 e. The Morgan fingerprint density at radius 1 is 0.651 bits per heavy atom. The van der Waals surface area contributed by atoms with Crippen LogP contribution in [0.1, 0.15) is 37.5 Å². The minimum absolute atomic E-state index is 0.0625. The molecule has 1 aromatic carbocycles. The van der Waals surface area contributed by atoms with Crippen molar-refractivity contribution in [2.24, 2.45) is 5.10 Å². The van der Waals surface area contributed by atoms with E-state index in [4.69, 9.17) is 15.5 Å². The van der Waals surface area contributed by atoms with Gasteiger partial charge in [-0.15, -0.1) is 0 Å². The Morgan fingerprint density at radius 3 is 1.77 bits per heavy atom. The Bertz CT molecular complexity index is 1830. The summed E-state index contributed by atoms with van der Waals surface area (Å²) in [6, 6.07) is 24.0. The van der Waals surface area contributed by atoms with Crippen LogP contribution in [0.3, 0.4) is 0 Å². The van der Waals surface area contributed by atoms with Gasteiger partial charge in [0.25, 0.3) is 0 Å². The van der Waals surface area contributed by atoms with Gasteiger partial charge >= 0.3 is 0 Å². The van der Waals surface area contributed by atoms with E-state index in [0.29, 0.717) is 11.4 Å². The van der Waals surface area contributed by atoms with Gasteiger partial charge in [0.2, 0.25) is 0 Å². The van der Waals surface area contributed by atoms with Gasteiger partial charge < -0.3 is 0 Å². The van der Waals surface area contributed by atoms with E-state index in [1.807, 2.05) is 85.2 Å². The second-order valence-corrected chi connectivity index (χ2v) is 11.3. The molecule has 0 atom stereocenters. The lowest BCUT2D eigenvalue weighted by Gasteiger charge is -2.20. The highest BCUT2D eigenvalue weighted by atomic mass is 15.3. The number of nitrogens with zero attached hydrogens (tertiary/aromatic N) is 5. The highest BCUT2D eigenvalue weighted by Gasteiger charge is 2.21. The molecular formula is C36H31N7. The van der Waals surface area contributed by atoms with Gasteiger partial charge in [0.15, 0.2) is 0 Å². The molecule has 7 heteroatoms. The zero-order chi connectivity index (χ0) is 29.8. The van der Waals surface area contributed by atoms with Crippen molar-refractivity contribution in [3.05, 3.63) is 139 Å². The van der Waals surface area contributed by atoms with Gasteiger partial charge in [-0.3, -0.25) is 30.8 Å². The van der Waals surface area contributed by atoms with Crippen molar-refractivity contribution in [2.75, 3.05) is 5.43 Å². The molecule has 5 aromatic rings. The number of hydrazone groups is 1. The molecule has 1 aliphatic rings. The number of hydrogen-bond donors (Lipinski definition) is 2. The Labute approximate surface area is 251 Å². The average molecular weight is 562 g/mol. The minimum atomic E-state index is 0.0625. The fourth-order valence-electron chi connectivity index (χ4n) is 4.79. The molecule has 0 saturated carbocycles.